The van der Waals surface area contributed by atoms with E-state index in [2.05, 4.69) is 0 Å². The van der Waals surface area contributed by atoms with Crippen molar-refractivity contribution in [1.29, 1.82) is 0 Å². The summed E-state index contributed by atoms with van der Waals surface area (Å²) in [5.41, 5.74) is 4.72. The molecule has 2 atom stereocenters. The summed E-state index contributed by atoms with van der Waals surface area (Å²) in [6, 6.07) is 0. The van der Waals surface area contributed by atoms with Crippen molar-refractivity contribution in [3.8, 4) is 0 Å². The Morgan fingerprint density at radius 2 is 2.30 bits per heavy atom. The summed E-state index contributed by atoms with van der Waals surface area (Å²) in [6.07, 6.45) is 0.749. The molecular weight excluding hydrogens is 154 g/mol. The van der Waals surface area contributed by atoms with Crippen LogP contribution in [0.15, 0.2) is 0 Å². The van der Waals surface area contributed by atoms with Crippen LogP contribution in [0, 0.1) is 11.3 Å². The van der Waals surface area contributed by atoms with Crippen molar-refractivity contribution in [2.24, 2.45) is 17.1 Å². The molecule has 3 N–H and O–H groups in total. The van der Waals surface area contributed by atoms with Crippen molar-refractivity contribution in [1.82, 2.24) is 0 Å². The third-order valence-electron chi connectivity index (χ3n) is 2.24. The minimum absolute atomic E-state index is 0. The Kier molecular flexibility index (Phi) is 2.68. The fourth-order valence-electron chi connectivity index (χ4n) is 1.16. The molecule has 0 aromatic carbocycles. The van der Waals surface area contributed by atoms with Crippen LogP contribution in [-0.4, -0.2) is 17.6 Å². The van der Waals surface area contributed by atoms with Gasteiger partial charge in [0.1, 0.15) is 0 Å². The maximum atomic E-state index is 10.4. The zero-order valence-corrected chi connectivity index (χ0v) is 6.65. The first kappa shape index (κ1) is 9.72. The molecule has 10 heavy (non-hydrogen) atoms. The van der Waals surface area contributed by atoms with Crippen molar-refractivity contribution in [2.75, 3.05) is 6.54 Å². The minimum atomic E-state index is -0.738. The molecule has 0 heterocycles. The van der Waals surface area contributed by atoms with E-state index in [1.54, 1.807) is 0 Å². The van der Waals surface area contributed by atoms with Crippen LogP contribution in [0.4, 0.5) is 0 Å². The molecule has 4 heteroatoms. The molecule has 1 fully saturated rings. The van der Waals surface area contributed by atoms with Gasteiger partial charge in [-0.2, -0.15) is 0 Å². The second kappa shape index (κ2) is 2.76. The Morgan fingerprint density at radius 3 is 2.30 bits per heavy atom. The third-order valence-corrected chi connectivity index (χ3v) is 2.24. The van der Waals surface area contributed by atoms with Gasteiger partial charge in [0.2, 0.25) is 0 Å². The fourth-order valence-corrected chi connectivity index (χ4v) is 1.16. The average molecular weight is 166 g/mol. The van der Waals surface area contributed by atoms with Crippen LogP contribution in [0.2, 0.25) is 0 Å². The normalized spacial score (nSPS) is 36.4. The van der Waals surface area contributed by atoms with Crippen molar-refractivity contribution >= 4 is 18.4 Å². The second-order valence-electron chi connectivity index (χ2n) is 2.77. The van der Waals surface area contributed by atoms with E-state index in [0.29, 0.717) is 0 Å². The summed E-state index contributed by atoms with van der Waals surface area (Å²) in [6.45, 7) is 2.20. The molecule has 2 unspecified atom stereocenters. The van der Waals surface area contributed by atoms with Gasteiger partial charge in [-0.25, -0.2) is 0 Å². The van der Waals surface area contributed by atoms with E-state index in [-0.39, 0.29) is 24.9 Å². The Hall–Kier alpha value is -0.280. The van der Waals surface area contributed by atoms with Crippen LogP contribution in [0.5, 0.6) is 0 Å². The van der Waals surface area contributed by atoms with Crippen molar-refractivity contribution < 1.29 is 9.90 Å². The molecule has 1 saturated carbocycles. The minimum Gasteiger partial charge on any atom is -0.481 e. The highest BCUT2D eigenvalue weighted by molar-refractivity contribution is 5.85. The lowest BCUT2D eigenvalue weighted by atomic mass is 10.1. The molecular formula is C6H12ClNO2. The summed E-state index contributed by atoms with van der Waals surface area (Å²) in [5.74, 6) is -0.461. The van der Waals surface area contributed by atoms with Gasteiger partial charge in [-0.15, -0.1) is 12.4 Å². The Bertz CT molecular complexity index is 147. The topological polar surface area (TPSA) is 63.3 Å². The second-order valence-corrected chi connectivity index (χ2v) is 2.77. The summed E-state index contributed by atoms with van der Waals surface area (Å²) in [5, 5.41) is 8.59. The molecule has 60 valence electrons. The van der Waals surface area contributed by atoms with E-state index in [1.165, 1.54) is 0 Å². The van der Waals surface area contributed by atoms with Gasteiger partial charge in [0.15, 0.2) is 0 Å². The van der Waals surface area contributed by atoms with Crippen molar-refractivity contribution in [2.45, 2.75) is 13.3 Å². The number of aliphatic carboxylic acids is 1. The quantitative estimate of drug-likeness (QED) is 0.626. The Labute approximate surface area is 66.0 Å². The maximum Gasteiger partial charge on any atom is 0.311 e. The molecule has 0 amide bonds. The number of carbonyl (C=O) groups is 1. The lowest BCUT2D eigenvalue weighted by molar-refractivity contribution is -0.143. The van der Waals surface area contributed by atoms with Crippen LogP contribution < -0.4 is 5.73 Å². The number of nitrogens with two attached hydrogens (primary N) is 1. The number of hydrogen-bond acceptors (Lipinski definition) is 2. The first-order chi connectivity index (χ1) is 4.13. The van der Waals surface area contributed by atoms with Crippen molar-refractivity contribution in [3.05, 3.63) is 0 Å². The van der Waals surface area contributed by atoms with Gasteiger partial charge in [0.25, 0.3) is 0 Å². The van der Waals surface area contributed by atoms with Crippen LogP contribution in [-0.2, 0) is 4.79 Å². The molecule has 1 aliphatic rings. The molecule has 1 aliphatic carbocycles. The van der Waals surface area contributed by atoms with E-state index in [0.717, 1.165) is 6.42 Å². The number of halogens is 1. The summed E-state index contributed by atoms with van der Waals surface area (Å²) in [4.78, 5) is 10.4. The first-order valence-electron chi connectivity index (χ1n) is 3.07. The SMILES string of the molecule is CC1CC1(CN)C(=O)O.Cl. The monoisotopic (exact) mass is 165 g/mol. The highest BCUT2D eigenvalue weighted by Gasteiger charge is 2.56. The average Bonchev–Trinajstić information content (AvgIpc) is 2.43. The highest BCUT2D eigenvalue weighted by atomic mass is 35.5. The van der Waals surface area contributed by atoms with Crippen LogP contribution in [0.3, 0.4) is 0 Å². The smallest absolute Gasteiger partial charge is 0.311 e. The predicted molar refractivity (Wildman–Crippen MR) is 40.2 cm³/mol. The number of carboxylic acids is 1. The number of carboxylic acid groups (broad SMARTS) is 1. The zero-order chi connectivity index (χ0) is 7.07. The molecule has 0 radical (unpaired) electrons. The number of hydrogen-bond donors (Lipinski definition) is 2. The van der Waals surface area contributed by atoms with E-state index in [1.807, 2.05) is 6.92 Å². The molecule has 0 aliphatic heterocycles. The molecule has 3 nitrogen and oxygen atoms in total. The largest absolute Gasteiger partial charge is 0.481 e. The zero-order valence-electron chi connectivity index (χ0n) is 5.83. The maximum absolute atomic E-state index is 10.4. The Balaban J connectivity index is 0.000000810. The Morgan fingerprint density at radius 1 is 1.90 bits per heavy atom. The van der Waals surface area contributed by atoms with Crippen LogP contribution in [0.1, 0.15) is 13.3 Å². The van der Waals surface area contributed by atoms with E-state index in [9.17, 15) is 4.79 Å². The van der Waals surface area contributed by atoms with Gasteiger partial charge >= 0.3 is 5.97 Å². The standard InChI is InChI=1S/C6H11NO2.ClH/c1-4-2-6(4,3-7)5(8)9;/h4H,2-3,7H2,1H3,(H,8,9);1H. The lowest BCUT2D eigenvalue weighted by Crippen LogP contribution is -2.26. The number of rotatable bonds is 2. The van der Waals surface area contributed by atoms with E-state index >= 15 is 0 Å². The van der Waals surface area contributed by atoms with Gasteiger partial charge < -0.3 is 10.8 Å². The molecule has 0 bridgehead atoms. The van der Waals surface area contributed by atoms with Gasteiger partial charge in [-0.3, -0.25) is 4.79 Å². The first-order valence-corrected chi connectivity index (χ1v) is 3.07. The van der Waals surface area contributed by atoms with Crippen LogP contribution in [0.25, 0.3) is 0 Å². The van der Waals surface area contributed by atoms with E-state index < -0.39 is 11.4 Å². The molecule has 1 rings (SSSR count). The lowest BCUT2D eigenvalue weighted by Gasteiger charge is -2.04. The fraction of sp³-hybridized carbons (Fsp3) is 0.833. The summed E-state index contributed by atoms with van der Waals surface area (Å²) >= 11 is 0. The van der Waals surface area contributed by atoms with Gasteiger partial charge in [0, 0.05) is 6.54 Å². The molecule has 0 spiro atoms. The predicted octanol–water partition coefficient (Wildman–Crippen LogP) is 0.478. The van der Waals surface area contributed by atoms with Gasteiger partial charge in [0.05, 0.1) is 5.41 Å². The molecule has 0 saturated heterocycles. The summed E-state index contributed by atoms with van der Waals surface area (Å²) in [7, 11) is 0. The van der Waals surface area contributed by atoms with E-state index in [4.69, 9.17) is 10.8 Å². The molecule has 0 aromatic rings. The van der Waals surface area contributed by atoms with Gasteiger partial charge in [-0.05, 0) is 12.3 Å². The van der Waals surface area contributed by atoms with Crippen LogP contribution >= 0.6 is 12.4 Å². The third kappa shape index (κ3) is 1.11. The van der Waals surface area contributed by atoms with Gasteiger partial charge in [-0.1, -0.05) is 6.92 Å². The molecule has 0 aromatic heterocycles. The van der Waals surface area contributed by atoms with Crippen molar-refractivity contribution in [3.63, 3.8) is 0 Å². The highest BCUT2D eigenvalue weighted by Crippen LogP contribution is 2.51. The summed E-state index contributed by atoms with van der Waals surface area (Å²) < 4.78 is 0.